The van der Waals surface area contributed by atoms with Crippen molar-refractivity contribution in [1.82, 2.24) is 0 Å². The Bertz CT molecular complexity index is 622. The zero-order chi connectivity index (χ0) is 15.5. The molecule has 0 aromatic heterocycles. The van der Waals surface area contributed by atoms with Crippen LogP contribution in [0.4, 0.5) is 16.2 Å². The Hall–Kier alpha value is -2.81. The summed E-state index contributed by atoms with van der Waals surface area (Å²) in [4.78, 5) is 16.5. The third kappa shape index (κ3) is 2.21. The van der Waals surface area contributed by atoms with Gasteiger partial charge in [-0.05, 0) is 24.3 Å². The molecule has 0 aliphatic carbocycles. The molecule has 0 spiro atoms. The van der Waals surface area contributed by atoms with E-state index in [0.717, 1.165) is 11.4 Å². The first-order valence-electron chi connectivity index (χ1n) is 7.25. The molecule has 2 amide bonds. The van der Waals surface area contributed by atoms with Gasteiger partial charge in [0.05, 0.1) is 12.1 Å². The first-order chi connectivity index (χ1) is 10.8. The molecule has 2 aromatic carbocycles. The second kappa shape index (κ2) is 5.90. The summed E-state index contributed by atoms with van der Waals surface area (Å²) in [5.74, 6) is 0. The molecule has 22 heavy (non-hydrogen) atoms. The van der Waals surface area contributed by atoms with Crippen LogP contribution in [0.3, 0.4) is 0 Å². The van der Waals surface area contributed by atoms with Gasteiger partial charge in [0.15, 0.2) is 0 Å². The Labute approximate surface area is 130 Å². The fourth-order valence-corrected chi connectivity index (χ4v) is 2.91. The van der Waals surface area contributed by atoms with E-state index in [2.05, 4.69) is 13.2 Å². The Balaban J connectivity index is 2.08. The second-order valence-electron chi connectivity index (χ2n) is 5.15. The lowest BCUT2D eigenvalue weighted by atomic mass is 10.1. The summed E-state index contributed by atoms with van der Waals surface area (Å²) >= 11 is 0. The molecule has 2 aromatic rings. The number of carbonyl (C=O) groups is 1. The molecule has 3 heteroatoms. The van der Waals surface area contributed by atoms with E-state index in [0.29, 0.717) is 0 Å². The Morgan fingerprint density at radius 1 is 0.727 bits per heavy atom. The summed E-state index contributed by atoms with van der Waals surface area (Å²) in [5, 5.41) is 0. The van der Waals surface area contributed by atoms with Crippen LogP contribution in [0.1, 0.15) is 0 Å². The maximum absolute atomic E-state index is 13.0. The molecule has 1 heterocycles. The highest BCUT2D eigenvalue weighted by Gasteiger charge is 2.44. The largest absolute Gasteiger partial charge is 0.330 e. The minimum Gasteiger partial charge on any atom is -0.285 e. The molecule has 3 nitrogen and oxygen atoms in total. The molecule has 3 rings (SSSR count). The van der Waals surface area contributed by atoms with Crippen LogP contribution >= 0.6 is 0 Å². The number of nitrogens with zero attached hydrogens (tertiary/aromatic N) is 2. The number of rotatable bonds is 4. The average Bonchev–Trinajstić information content (AvgIpc) is 2.88. The molecule has 1 saturated heterocycles. The van der Waals surface area contributed by atoms with E-state index in [1.807, 2.05) is 60.7 Å². The molecule has 1 fully saturated rings. The lowest BCUT2D eigenvalue weighted by Gasteiger charge is -2.22. The van der Waals surface area contributed by atoms with Gasteiger partial charge in [-0.25, -0.2) is 4.79 Å². The third-order valence-corrected chi connectivity index (χ3v) is 3.91. The topological polar surface area (TPSA) is 23.6 Å². The third-order valence-electron chi connectivity index (χ3n) is 3.91. The van der Waals surface area contributed by atoms with Crippen LogP contribution in [-0.2, 0) is 0 Å². The van der Waals surface area contributed by atoms with Gasteiger partial charge in [-0.3, -0.25) is 9.80 Å². The maximum Gasteiger partial charge on any atom is 0.330 e. The van der Waals surface area contributed by atoms with Crippen LogP contribution in [0.25, 0.3) is 0 Å². The lowest BCUT2D eigenvalue weighted by Crippen LogP contribution is -2.34. The van der Waals surface area contributed by atoms with Crippen LogP contribution < -0.4 is 9.80 Å². The minimum atomic E-state index is -0.146. The fraction of sp³-hybridized carbons (Fsp3) is 0.105. The van der Waals surface area contributed by atoms with Crippen molar-refractivity contribution >= 4 is 17.4 Å². The highest BCUT2D eigenvalue weighted by Crippen LogP contribution is 2.33. The summed E-state index contributed by atoms with van der Waals surface area (Å²) < 4.78 is 0. The smallest absolute Gasteiger partial charge is 0.285 e. The van der Waals surface area contributed by atoms with Crippen molar-refractivity contribution in [3.63, 3.8) is 0 Å². The first kappa shape index (κ1) is 14.1. The van der Waals surface area contributed by atoms with E-state index >= 15 is 0 Å². The Kier molecular flexibility index (Phi) is 3.79. The number of benzene rings is 2. The molecule has 2 atom stereocenters. The molecular weight excluding hydrogens is 272 g/mol. The number of carbonyl (C=O) groups excluding carboxylic acids is 1. The number of hydrogen-bond acceptors (Lipinski definition) is 1. The van der Waals surface area contributed by atoms with Gasteiger partial charge in [-0.2, -0.15) is 0 Å². The minimum absolute atomic E-state index is 0.0628. The molecular formula is C19H18N2O. The van der Waals surface area contributed by atoms with Crippen molar-refractivity contribution in [2.75, 3.05) is 9.80 Å². The van der Waals surface area contributed by atoms with Gasteiger partial charge in [0, 0.05) is 11.4 Å². The van der Waals surface area contributed by atoms with E-state index in [1.165, 1.54) is 0 Å². The van der Waals surface area contributed by atoms with Crippen molar-refractivity contribution in [1.29, 1.82) is 0 Å². The average molecular weight is 290 g/mol. The Morgan fingerprint density at radius 3 is 1.41 bits per heavy atom. The normalized spacial score (nSPS) is 21.0. The van der Waals surface area contributed by atoms with E-state index in [9.17, 15) is 4.79 Å². The van der Waals surface area contributed by atoms with Gasteiger partial charge < -0.3 is 0 Å². The van der Waals surface area contributed by atoms with Crippen molar-refractivity contribution in [3.05, 3.63) is 86.0 Å². The van der Waals surface area contributed by atoms with Crippen molar-refractivity contribution in [2.24, 2.45) is 0 Å². The standard InChI is InChI=1S/C19H18N2O/c1-3-17-18(4-2)21(16-13-9-6-10-14-16)19(22)20(17)15-11-7-5-8-12-15/h3-14,17-18H,1-2H2/t17-,18-/m0/s1. The highest BCUT2D eigenvalue weighted by molar-refractivity contribution is 6.08. The van der Waals surface area contributed by atoms with Crippen LogP contribution in [0, 0.1) is 0 Å². The number of para-hydroxylation sites is 2. The number of amides is 2. The molecule has 0 N–H and O–H groups in total. The van der Waals surface area contributed by atoms with E-state index in [-0.39, 0.29) is 18.1 Å². The predicted molar refractivity (Wildman–Crippen MR) is 91.2 cm³/mol. The Morgan fingerprint density at radius 2 is 1.09 bits per heavy atom. The zero-order valence-corrected chi connectivity index (χ0v) is 12.3. The monoisotopic (exact) mass is 290 g/mol. The van der Waals surface area contributed by atoms with Gasteiger partial charge in [-0.15, -0.1) is 13.2 Å². The van der Waals surface area contributed by atoms with Crippen LogP contribution in [0.2, 0.25) is 0 Å². The van der Waals surface area contributed by atoms with Crippen molar-refractivity contribution in [3.8, 4) is 0 Å². The SMILES string of the molecule is C=C[C@H]1[C@H](C=C)N(c2ccccc2)C(=O)N1c1ccccc1. The summed E-state index contributed by atoms with van der Waals surface area (Å²) in [5.41, 5.74) is 1.73. The van der Waals surface area contributed by atoms with Crippen molar-refractivity contribution in [2.45, 2.75) is 12.1 Å². The molecule has 0 bridgehead atoms. The van der Waals surface area contributed by atoms with Gasteiger partial charge in [0.25, 0.3) is 0 Å². The molecule has 0 radical (unpaired) electrons. The molecule has 110 valence electrons. The van der Waals surface area contributed by atoms with Gasteiger partial charge in [0.1, 0.15) is 0 Å². The maximum atomic E-state index is 13.0. The van der Waals surface area contributed by atoms with Crippen molar-refractivity contribution < 1.29 is 4.79 Å². The van der Waals surface area contributed by atoms with Gasteiger partial charge >= 0.3 is 6.03 Å². The predicted octanol–water partition coefficient (Wildman–Crippen LogP) is 4.24. The number of urea groups is 1. The second-order valence-corrected chi connectivity index (χ2v) is 5.15. The molecule has 1 aliphatic heterocycles. The summed E-state index contributed by atoms with van der Waals surface area (Å²) in [6, 6.07) is 19.0. The van der Waals surface area contributed by atoms with Gasteiger partial charge in [-0.1, -0.05) is 48.6 Å². The van der Waals surface area contributed by atoms with Gasteiger partial charge in [0.2, 0.25) is 0 Å². The molecule has 0 unspecified atom stereocenters. The molecule has 0 saturated carbocycles. The van der Waals surface area contributed by atoms with E-state index in [1.54, 1.807) is 22.0 Å². The van der Waals surface area contributed by atoms with E-state index in [4.69, 9.17) is 0 Å². The first-order valence-corrected chi connectivity index (χ1v) is 7.25. The number of hydrogen-bond donors (Lipinski definition) is 0. The summed E-state index contributed by atoms with van der Waals surface area (Å²) in [6.07, 6.45) is 3.61. The van der Waals surface area contributed by atoms with Crippen LogP contribution in [0.5, 0.6) is 0 Å². The molecule has 1 aliphatic rings. The number of anilines is 2. The summed E-state index contributed by atoms with van der Waals surface area (Å²) in [7, 11) is 0. The summed E-state index contributed by atoms with van der Waals surface area (Å²) in [6.45, 7) is 7.82. The van der Waals surface area contributed by atoms with Crippen LogP contribution in [-0.4, -0.2) is 18.1 Å². The lowest BCUT2D eigenvalue weighted by molar-refractivity contribution is 0.255. The quantitative estimate of drug-likeness (QED) is 0.772. The van der Waals surface area contributed by atoms with E-state index < -0.39 is 0 Å². The highest BCUT2D eigenvalue weighted by atomic mass is 16.2. The fourth-order valence-electron chi connectivity index (χ4n) is 2.91. The zero-order valence-electron chi connectivity index (χ0n) is 12.3. The van der Waals surface area contributed by atoms with Crippen LogP contribution in [0.15, 0.2) is 86.0 Å².